The highest BCUT2D eigenvalue weighted by molar-refractivity contribution is 6.40. The molecular formula is C124H142N8. The van der Waals surface area contributed by atoms with Crippen LogP contribution in [0.1, 0.15) is 363 Å². The molecule has 10 heterocycles. The first-order valence-corrected chi connectivity index (χ1v) is 47.0. The normalized spacial score (nSPS) is 16.2. The van der Waals surface area contributed by atoms with E-state index < -0.39 is 101 Å². The highest BCUT2D eigenvalue weighted by Crippen LogP contribution is 2.53. The Balaban J connectivity index is 1.27. The summed E-state index contributed by atoms with van der Waals surface area (Å²) in [6.45, 7) is 72.6. The predicted molar refractivity (Wildman–Crippen MR) is 574 cm³/mol. The second-order valence-electron chi connectivity index (χ2n) is 49.9. The Kier molecular flexibility index (Phi) is 16.2. The molecule has 0 radical (unpaired) electrons. The van der Waals surface area contributed by atoms with E-state index in [1.54, 1.807) is 0 Å². The smallest absolute Gasteiger partial charge is 0.0818 e. The molecule has 0 saturated heterocycles. The third kappa shape index (κ3) is 16.3. The highest BCUT2D eigenvalue weighted by Gasteiger charge is 2.35. The molecule has 132 heavy (non-hydrogen) atoms. The summed E-state index contributed by atoms with van der Waals surface area (Å²) in [4.78, 5) is 38.9. The summed E-state index contributed by atoms with van der Waals surface area (Å²) in [5, 5.41) is 0.519. The van der Waals surface area contributed by atoms with Gasteiger partial charge in [0.1, 0.15) is 0 Å². The zero-order valence-corrected chi connectivity index (χ0v) is 84.7. The van der Waals surface area contributed by atoms with Crippen LogP contribution in [0.25, 0.3) is 189 Å². The molecule has 8 nitrogen and oxygen atoms in total. The maximum Gasteiger partial charge on any atom is 0.0818 e. The van der Waals surface area contributed by atoms with Crippen LogP contribution in [-0.4, -0.2) is 39.9 Å². The molecule has 16 bridgehead atoms. The van der Waals surface area contributed by atoms with Gasteiger partial charge in [-0.15, -0.1) is 0 Å². The summed E-state index contributed by atoms with van der Waals surface area (Å²) in [6.07, 6.45) is 0. The van der Waals surface area contributed by atoms with E-state index in [9.17, 15) is 24.7 Å². The van der Waals surface area contributed by atoms with Gasteiger partial charge in [-0.1, -0.05) is 358 Å². The van der Waals surface area contributed by atoms with Gasteiger partial charge in [0.15, 0.2) is 0 Å². The van der Waals surface area contributed by atoms with Crippen LogP contribution in [0.5, 0.6) is 0 Å². The number of aromatic amines is 4. The van der Waals surface area contributed by atoms with Crippen LogP contribution in [0.2, 0.25) is 0 Å². The van der Waals surface area contributed by atoms with Gasteiger partial charge in [0.25, 0.3) is 0 Å². The zero-order valence-electron chi connectivity index (χ0n) is 103. The molecule has 0 atom stereocenters. The number of benzene rings is 8. The van der Waals surface area contributed by atoms with Gasteiger partial charge in [-0.25, -0.2) is 19.9 Å². The molecule has 4 N–H and O–H groups in total. The predicted octanol–water partition coefficient (Wildman–Crippen LogP) is 35.2. The van der Waals surface area contributed by atoms with Crippen LogP contribution in [0.15, 0.2) is 157 Å². The Morgan fingerprint density at radius 2 is 0.379 bits per heavy atom. The fraction of sp³-hybridized carbons (Fsp3) is 0.387. The van der Waals surface area contributed by atoms with Crippen LogP contribution in [0, 0.1) is 0 Å². The van der Waals surface area contributed by atoms with Gasteiger partial charge in [0, 0.05) is 98.8 Å². The molecule has 678 valence electrons. The maximum absolute atomic E-state index is 12.0. The standard InChI is InChI=1S/C124H142N8/c1-113(2,3)73-45-67(46-74(57-73)114(4,5)6)101-89-37-41-93(125-89)103(69-49-77(117(13,14)15)59-78(50-69)118(16,17)18)97-63-85-87-65-99-105(71-53-81(121(25,26)27)61-82(54-71)122(28,29)30)95-43-39-91(127-95)102(68-47-75(115(7,8)9)58-76(48-68)116(10,11)12)92-40-44-96(128-92)106(72-55-83(123(31,32)33)62-84(56-72)124(34,35)36)100-66-88-86-64-98(130-110(86)107(109(85)129-97)108(111(87)131-99)112(88)132-100)104(94-42-38-90(101)126-94)70-51-79(119(19,20)21)60-80(52-70)120(22,23)24/h37-66,125,127,130,132H,1-36H3/i37D,38D,39D,40D,41D,42D,43D,44D,57D,58D,59D,60D,61D,62D,63D,64D,65D,66D. The van der Waals surface area contributed by atoms with E-state index in [4.69, 9.17) is 19.9 Å². The SMILES string of the molecule is [2H]C1=C([2H])c2nc1c(-c1cc(C(C)(C)C)c([2H])c(C(C)(C)C)c1)c1[nH]c(c([2H])c1[2H])c(-c1cc(C(C)(C)C)c([2H])c(C(C)(C)C)c1)c1nc3c(c1[2H])c1c([2H])c4nc1c1c5[nH]c(c(-c6cc(C(C)(C)C)c([2H])c(C(C)(C)C)c6)c6nc(c(-c7cc(C(C)(C)C)c([2H])c(C(C)(C)C)c7)c7[nH]c(c([2H])c7[2H])c4-c4cc(C(C)(C)C)c([2H])c(C(C)(C)C)c4)C([2H])=C6[2H])c([2H])c5c4c([2H])c([nH]c4c31)c2-c1cc(C(C)(C)C)c([2H])c(C(C)(C)C)c1. The Morgan fingerprint density at radius 1 is 0.197 bits per heavy atom. The molecule has 8 heteroatoms. The summed E-state index contributed by atoms with van der Waals surface area (Å²) in [5.74, 6) is 0. The lowest BCUT2D eigenvalue weighted by Crippen LogP contribution is -2.16. The van der Waals surface area contributed by atoms with Crippen molar-refractivity contribution in [1.29, 1.82) is 0 Å². The van der Waals surface area contributed by atoms with Gasteiger partial charge in [-0.3, -0.25) is 0 Å². The number of hydrogen-bond acceptors (Lipinski definition) is 4. The summed E-state index contributed by atoms with van der Waals surface area (Å²) in [6, 6.07) is 19.7. The molecule has 16 aromatic rings. The molecular weight excluding hydrogens is 1600 g/mol. The Morgan fingerprint density at radius 3 is 0.576 bits per heavy atom. The van der Waals surface area contributed by atoms with Gasteiger partial charge < -0.3 is 19.9 Å². The number of nitrogens with one attached hydrogen (secondary N) is 4. The summed E-state index contributed by atoms with van der Waals surface area (Å²) >= 11 is 0. The second kappa shape index (κ2) is 30.0. The second-order valence-corrected chi connectivity index (χ2v) is 49.9. The molecule has 8 aromatic heterocycles. The first kappa shape index (κ1) is 71.2. The van der Waals surface area contributed by atoms with Crippen LogP contribution < -0.4 is 0 Å². The minimum atomic E-state index is -0.776. The van der Waals surface area contributed by atoms with E-state index in [1.807, 2.05) is 322 Å². The van der Waals surface area contributed by atoms with E-state index in [2.05, 4.69) is 19.9 Å². The van der Waals surface area contributed by atoms with Crippen molar-refractivity contribution in [2.45, 2.75) is 314 Å². The number of H-pyrrole nitrogens is 4. The van der Waals surface area contributed by atoms with E-state index in [1.165, 1.54) is 0 Å². The molecule has 8 aromatic carbocycles. The third-order valence-corrected chi connectivity index (χ3v) is 26.4. The monoisotopic (exact) mass is 1760 g/mol. The zero-order chi connectivity index (χ0) is 111. The van der Waals surface area contributed by atoms with Gasteiger partial charge in [-0.05, 0) is 238 Å². The van der Waals surface area contributed by atoms with Crippen molar-refractivity contribution in [3.8, 4) is 66.8 Å². The Labute approximate surface area is 811 Å². The first-order valence-electron chi connectivity index (χ1n) is 56.0. The van der Waals surface area contributed by atoms with Gasteiger partial charge >= 0.3 is 0 Å². The van der Waals surface area contributed by atoms with Crippen molar-refractivity contribution in [3.05, 3.63) is 247 Å². The lowest BCUT2D eigenvalue weighted by atomic mass is 9.78. The quantitative estimate of drug-likeness (QED) is 0.133. The van der Waals surface area contributed by atoms with Crippen molar-refractivity contribution in [2.24, 2.45) is 0 Å². The van der Waals surface area contributed by atoms with Crippen LogP contribution >= 0.6 is 0 Å². The number of rotatable bonds is 6. The molecule has 2 aliphatic rings. The Hall–Kier alpha value is -11.5. The summed E-state index contributed by atoms with van der Waals surface area (Å²) in [7, 11) is 0. The summed E-state index contributed by atoms with van der Waals surface area (Å²) < 4.78 is 198. The maximum atomic E-state index is 12.0. The van der Waals surface area contributed by atoms with Crippen molar-refractivity contribution in [2.75, 3.05) is 0 Å². The van der Waals surface area contributed by atoms with Gasteiger partial charge in [0.05, 0.1) is 80.5 Å². The van der Waals surface area contributed by atoms with Crippen molar-refractivity contribution in [1.82, 2.24) is 39.9 Å². The number of aromatic nitrogens is 8. The highest BCUT2D eigenvalue weighted by atomic mass is 14.8. The van der Waals surface area contributed by atoms with Crippen molar-refractivity contribution in [3.63, 3.8) is 0 Å². The molecule has 0 aliphatic carbocycles. The van der Waals surface area contributed by atoms with Crippen molar-refractivity contribution < 1.29 is 24.7 Å². The summed E-state index contributed by atoms with van der Waals surface area (Å²) in [5.41, 5.74) is 0.273. The third-order valence-electron chi connectivity index (χ3n) is 26.4. The molecule has 2 aliphatic heterocycles. The van der Waals surface area contributed by atoms with E-state index in [-0.39, 0.29) is 227 Å². The van der Waals surface area contributed by atoms with Crippen LogP contribution in [0.3, 0.4) is 0 Å². The van der Waals surface area contributed by atoms with Gasteiger partial charge in [-0.2, -0.15) is 0 Å². The largest absolute Gasteiger partial charge is 0.354 e. The Bertz CT molecular complexity index is 8200. The number of fused-ring (bicyclic) bond motifs is 14. The number of nitrogens with zero attached hydrogens (tertiary/aromatic N) is 4. The minimum Gasteiger partial charge on any atom is -0.354 e. The molecule has 0 saturated carbocycles. The average Bonchev–Trinajstić information content (AvgIpc) is 1.51. The molecule has 0 fully saturated rings. The van der Waals surface area contributed by atoms with Crippen molar-refractivity contribution >= 4 is 123 Å². The fourth-order valence-electron chi connectivity index (χ4n) is 17.9. The van der Waals surface area contributed by atoms with Gasteiger partial charge in [0.2, 0.25) is 0 Å². The average molecular weight is 1760 g/mol. The van der Waals surface area contributed by atoms with E-state index in [0.717, 1.165) is 0 Å². The number of hydrogen-bond donors (Lipinski definition) is 4. The van der Waals surface area contributed by atoms with Crippen LogP contribution in [0.4, 0.5) is 0 Å². The topological polar surface area (TPSA) is 115 Å². The molecule has 0 spiro atoms. The minimum absolute atomic E-state index is 0.00233. The molecule has 18 rings (SSSR count). The lowest BCUT2D eigenvalue weighted by Gasteiger charge is -2.26. The van der Waals surface area contributed by atoms with E-state index >= 15 is 0 Å². The molecule has 0 unspecified atom stereocenters. The lowest BCUT2D eigenvalue weighted by molar-refractivity contribution is 0.568. The van der Waals surface area contributed by atoms with Crippen LogP contribution in [-0.2, 0) is 65.0 Å². The van der Waals surface area contributed by atoms with E-state index in [0.29, 0.717) is 100 Å². The molecule has 0 amide bonds. The fourth-order valence-corrected chi connectivity index (χ4v) is 17.9. The first-order chi connectivity index (χ1) is 68.5.